The number of hydrogen-bond acceptors (Lipinski definition) is 1. The molecule has 2 nitrogen and oxygen atoms in total. The van der Waals surface area contributed by atoms with Gasteiger partial charge in [-0.2, -0.15) is 0 Å². The third kappa shape index (κ3) is 1.92. The molecule has 0 atom stereocenters. The molecule has 0 fully saturated rings. The maximum absolute atomic E-state index is 11.0. The summed E-state index contributed by atoms with van der Waals surface area (Å²) >= 11 is 18.6. The molecule has 20 heavy (non-hydrogen) atoms. The summed E-state index contributed by atoms with van der Waals surface area (Å²) in [6.07, 6.45) is 1.16. The van der Waals surface area contributed by atoms with Crippen molar-refractivity contribution in [1.82, 2.24) is 0 Å². The molecule has 1 aliphatic rings. The normalized spacial score (nSPS) is 14.2. The number of carboxylic acids is 1. The lowest BCUT2D eigenvalue weighted by Gasteiger charge is -2.06. The van der Waals surface area contributed by atoms with E-state index < -0.39 is 5.97 Å². The molecule has 0 spiro atoms. The van der Waals surface area contributed by atoms with Gasteiger partial charge in [0, 0.05) is 22.2 Å². The van der Waals surface area contributed by atoms with Crippen molar-refractivity contribution in [1.29, 1.82) is 0 Å². The topological polar surface area (TPSA) is 37.3 Å². The maximum atomic E-state index is 11.0. The summed E-state index contributed by atoms with van der Waals surface area (Å²) in [5.41, 5.74) is 3.48. The van der Waals surface area contributed by atoms with Gasteiger partial charge in [0.05, 0.1) is 10.0 Å². The van der Waals surface area contributed by atoms with Crippen LogP contribution in [-0.2, 0) is 4.79 Å². The molecule has 0 radical (unpaired) electrons. The lowest BCUT2D eigenvalue weighted by Crippen LogP contribution is -1.91. The van der Waals surface area contributed by atoms with Gasteiger partial charge in [0.1, 0.15) is 0 Å². The first-order valence-electron chi connectivity index (χ1n) is 5.73. The minimum atomic E-state index is -1.02. The molecule has 2 aromatic rings. The molecule has 2 aromatic carbocycles. The molecule has 100 valence electrons. The predicted molar refractivity (Wildman–Crippen MR) is 81.6 cm³/mol. The number of aliphatic carboxylic acids is 1. The smallest absolute Gasteiger partial charge is 0.328 e. The van der Waals surface area contributed by atoms with E-state index in [9.17, 15) is 4.79 Å². The molecule has 1 N–H and O–H groups in total. The summed E-state index contributed by atoms with van der Waals surface area (Å²) in [6, 6.07) is 8.75. The fraction of sp³-hybridized carbons (Fsp3) is 0. The Labute approximate surface area is 130 Å². The van der Waals surface area contributed by atoms with Crippen LogP contribution in [0.15, 0.2) is 36.4 Å². The Hall–Kier alpha value is -1.48. The Morgan fingerprint density at radius 2 is 1.65 bits per heavy atom. The zero-order valence-electron chi connectivity index (χ0n) is 9.95. The standard InChI is InChI=1S/C15H7Cl3O2/c16-10-3-1-2-7-9(6-12(19)20)8-4-5-11(17)15(18)14(8)13(7)10/h1-6H,(H,19,20)/b9-6+. The summed E-state index contributed by atoms with van der Waals surface area (Å²) in [6.45, 7) is 0. The van der Waals surface area contributed by atoms with E-state index in [-0.39, 0.29) is 0 Å². The molecule has 3 rings (SSSR count). The predicted octanol–water partition coefficient (Wildman–Crippen LogP) is 5.14. The number of rotatable bonds is 1. The van der Waals surface area contributed by atoms with E-state index in [2.05, 4.69) is 0 Å². The first kappa shape index (κ1) is 13.5. The average molecular weight is 326 g/mol. The first-order chi connectivity index (χ1) is 9.50. The average Bonchev–Trinajstić information content (AvgIpc) is 2.70. The Kier molecular flexibility index (Phi) is 3.25. The fourth-order valence-electron chi connectivity index (χ4n) is 2.45. The number of fused-ring (bicyclic) bond motifs is 3. The maximum Gasteiger partial charge on any atom is 0.328 e. The quantitative estimate of drug-likeness (QED) is 0.629. The second-order valence-electron chi connectivity index (χ2n) is 4.34. The van der Waals surface area contributed by atoms with Crippen LogP contribution in [0.1, 0.15) is 11.1 Å². The highest BCUT2D eigenvalue weighted by molar-refractivity contribution is 6.45. The van der Waals surface area contributed by atoms with E-state index >= 15 is 0 Å². The van der Waals surface area contributed by atoms with Crippen LogP contribution < -0.4 is 0 Å². The van der Waals surface area contributed by atoms with Crippen LogP contribution >= 0.6 is 34.8 Å². The monoisotopic (exact) mass is 324 g/mol. The van der Waals surface area contributed by atoms with Gasteiger partial charge in [0.15, 0.2) is 0 Å². The van der Waals surface area contributed by atoms with E-state index in [1.54, 1.807) is 24.3 Å². The summed E-state index contributed by atoms with van der Waals surface area (Å²) < 4.78 is 0. The van der Waals surface area contributed by atoms with E-state index in [0.29, 0.717) is 26.2 Å². The van der Waals surface area contributed by atoms with Crippen molar-refractivity contribution in [2.24, 2.45) is 0 Å². The van der Waals surface area contributed by atoms with Crippen molar-refractivity contribution in [2.75, 3.05) is 0 Å². The molecule has 0 aliphatic heterocycles. The van der Waals surface area contributed by atoms with Gasteiger partial charge in [0.2, 0.25) is 0 Å². The van der Waals surface area contributed by atoms with Gasteiger partial charge in [-0.3, -0.25) is 0 Å². The molecule has 0 unspecified atom stereocenters. The van der Waals surface area contributed by atoms with E-state index in [1.165, 1.54) is 0 Å². The zero-order chi connectivity index (χ0) is 14.4. The van der Waals surface area contributed by atoms with Crippen LogP contribution in [0.4, 0.5) is 0 Å². The van der Waals surface area contributed by atoms with Gasteiger partial charge in [0.25, 0.3) is 0 Å². The molecular formula is C15H7Cl3O2. The van der Waals surface area contributed by atoms with Gasteiger partial charge in [-0.25, -0.2) is 4.79 Å². The molecular weight excluding hydrogens is 319 g/mol. The molecule has 0 aromatic heterocycles. The number of carboxylic acid groups (broad SMARTS) is 1. The Morgan fingerprint density at radius 1 is 0.950 bits per heavy atom. The Balaban J connectivity index is 2.45. The molecule has 0 bridgehead atoms. The lowest BCUT2D eigenvalue weighted by atomic mass is 10.0. The molecule has 1 aliphatic carbocycles. The van der Waals surface area contributed by atoms with Crippen LogP contribution in [0.3, 0.4) is 0 Å². The second kappa shape index (κ2) is 4.81. The molecule has 5 heteroatoms. The van der Waals surface area contributed by atoms with Crippen LogP contribution in [0.25, 0.3) is 16.7 Å². The van der Waals surface area contributed by atoms with Gasteiger partial charge < -0.3 is 5.11 Å². The SMILES string of the molecule is O=C(O)/C=C1\c2cccc(Cl)c2-c2c1ccc(Cl)c2Cl. The summed E-state index contributed by atoms with van der Waals surface area (Å²) in [5, 5.41) is 10.4. The van der Waals surface area contributed by atoms with Crippen molar-refractivity contribution >= 4 is 46.3 Å². The highest BCUT2D eigenvalue weighted by Gasteiger charge is 2.29. The molecule has 0 amide bonds. The van der Waals surface area contributed by atoms with Gasteiger partial charge in [-0.05, 0) is 28.8 Å². The highest BCUT2D eigenvalue weighted by Crippen LogP contribution is 2.51. The summed E-state index contributed by atoms with van der Waals surface area (Å²) in [5.74, 6) is -1.02. The van der Waals surface area contributed by atoms with E-state index in [4.69, 9.17) is 39.9 Å². The number of hydrogen-bond donors (Lipinski definition) is 1. The van der Waals surface area contributed by atoms with Crippen LogP contribution in [0.2, 0.25) is 15.1 Å². The molecule has 0 heterocycles. The van der Waals surface area contributed by atoms with Crippen LogP contribution in [0, 0.1) is 0 Å². The summed E-state index contributed by atoms with van der Waals surface area (Å²) in [4.78, 5) is 11.0. The fourth-order valence-corrected chi connectivity index (χ4v) is 3.13. The second-order valence-corrected chi connectivity index (χ2v) is 5.53. The molecule has 0 saturated carbocycles. The third-order valence-electron chi connectivity index (χ3n) is 3.21. The zero-order valence-corrected chi connectivity index (χ0v) is 12.2. The summed E-state index contributed by atoms with van der Waals surface area (Å²) in [7, 11) is 0. The van der Waals surface area contributed by atoms with E-state index in [1.807, 2.05) is 6.07 Å². The first-order valence-corrected chi connectivity index (χ1v) is 6.86. The van der Waals surface area contributed by atoms with Crippen LogP contribution in [-0.4, -0.2) is 11.1 Å². The largest absolute Gasteiger partial charge is 0.478 e. The Morgan fingerprint density at radius 3 is 2.35 bits per heavy atom. The minimum Gasteiger partial charge on any atom is -0.478 e. The van der Waals surface area contributed by atoms with Crippen molar-refractivity contribution in [3.8, 4) is 11.1 Å². The van der Waals surface area contributed by atoms with Crippen LogP contribution in [0.5, 0.6) is 0 Å². The lowest BCUT2D eigenvalue weighted by molar-refractivity contribution is -0.131. The van der Waals surface area contributed by atoms with Gasteiger partial charge in [-0.1, -0.05) is 53.0 Å². The van der Waals surface area contributed by atoms with Crippen molar-refractivity contribution in [3.63, 3.8) is 0 Å². The van der Waals surface area contributed by atoms with Gasteiger partial charge in [-0.15, -0.1) is 0 Å². The Bertz CT molecular complexity index is 779. The minimum absolute atomic E-state index is 0.382. The highest BCUT2D eigenvalue weighted by atomic mass is 35.5. The third-order valence-corrected chi connectivity index (χ3v) is 4.33. The van der Waals surface area contributed by atoms with Crippen molar-refractivity contribution < 1.29 is 9.90 Å². The molecule has 0 saturated heterocycles. The van der Waals surface area contributed by atoms with E-state index in [0.717, 1.165) is 22.8 Å². The van der Waals surface area contributed by atoms with Crippen molar-refractivity contribution in [3.05, 3.63) is 62.6 Å². The number of carbonyl (C=O) groups is 1. The number of benzene rings is 2. The van der Waals surface area contributed by atoms with Crippen molar-refractivity contribution in [2.45, 2.75) is 0 Å². The number of halogens is 3. The van der Waals surface area contributed by atoms with Gasteiger partial charge >= 0.3 is 5.97 Å².